The number of nitrogens with one attached hydrogen (secondary N) is 2. The number of non-ortho nitro benzene ring substituents is 1. The zero-order valence-corrected chi connectivity index (χ0v) is 19.7. The smallest absolute Gasteiger partial charge is 0.271 e. The zero-order valence-electron chi connectivity index (χ0n) is 19.7. The maximum atomic E-state index is 14.1. The summed E-state index contributed by atoms with van der Waals surface area (Å²) in [5.74, 6) is -3.34. The molecule has 2 fully saturated rings. The molecule has 10 heteroatoms. The number of anilines is 2. The quantitative estimate of drug-likeness (QED) is 0.314. The molecule has 10 nitrogen and oxygen atoms in total. The van der Waals surface area contributed by atoms with Gasteiger partial charge in [-0.3, -0.25) is 29.8 Å². The number of ether oxygens (including phenoxy) is 1. The molecule has 1 spiro atoms. The number of fused-ring (bicyclic) bond motifs is 4. The highest BCUT2D eigenvalue weighted by Gasteiger charge is 2.70. The number of hydrogen-bond acceptors (Lipinski definition) is 7. The van der Waals surface area contributed by atoms with Crippen LogP contribution in [0.3, 0.4) is 0 Å². The van der Waals surface area contributed by atoms with Crippen molar-refractivity contribution in [2.24, 2.45) is 11.8 Å². The van der Waals surface area contributed by atoms with Gasteiger partial charge >= 0.3 is 0 Å². The van der Waals surface area contributed by atoms with E-state index in [4.69, 9.17) is 4.74 Å². The second kappa shape index (κ2) is 8.24. The predicted molar refractivity (Wildman–Crippen MR) is 133 cm³/mol. The molecule has 2 N–H and O–H groups in total. The minimum Gasteiger partial charge on any atom is -0.495 e. The van der Waals surface area contributed by atoms with Gasteiger partial charge in [-0.15, -0.1) is 0 Å². The monoisotopic (exact) mass is 498 g/mol. The lowest BCUT2D eigenvalue weighted by atomic mass is 9.76. The van der Waals surface area contributed by atoms with Crippen LogP contribution >= 0.6 is 0 Å². The van der Waals surface area contributed by atoms with Crippen molar-refractivity contribution in [1.82, 2.24) is 5.32 Å². The van der Waals surface area contributed by atoms with Gasteiger partial charge in [-0.25, -0.2) is 4.90 Å². The van der Waals surface area contributed by atoms with Crippen molar-refractivity contribution in [2.75, 3.05) is 17.3 Å². The first-order valence-corrected chi connectivity index (χ1v) is 11.8. The molecule has 3 aromatic rings. The topological polar surface area (TPSA) is 131 Å². The van der Waals surface area contributed by atoms with Crippen LogP contribution in [0.2, 0.25) is 0 Å². The van der Waals surface area contributed by atoms with E-state index in [1.807, 2.05) is 30.3 Å². The molecule has 2 saturated heterocycles. The van der Waals surface area contributed by atoms with E-state index in [2.05, 4.69) is 10.6 Å². The predicted octanol–water partition coefficient (Wildman–Crippen LogP) is 2.77. The average molecular weight is 498 g/mol. The van der Waals surface area contributed by atoms with Crippen LogP contribution in [0.4, 0.5) is 17.1 Å². The zero-order chi connectivity index (χ0) is 25.9. The van der Waals surface area contributed by atoms with Crippen molar-refractivity contribution < 1.29 is 24.0 Å². The van der Waals surface area contributed by atoms with Crippen LogP contribution in [-0.4, -0.2) is 35.8 Å². The number of benzene rings is 3. The number of nitrogens with zero attached hydrogens (tertiary/aromatic N) is 2. The Morgan fingerprint density at radius 1 is 1.00 bits per heavy atom. The molecule has 0 aliphatic carbocycles. The van der Waals surface area contributed by atoms with Crippen LogP contribution in [0.15, 0.2) is 72.8 Å². The van der Waals surface area contributed by atoms with E-state index in [0.717, 1.165) is 16.5 Å². The fourth-order valence-corrected chi connectivity index (χ4v) is 6.01. The molecular formula is C27H22N4O6. The molecule has 186 valence electrons. The highest BCUT2D eigenvalue weighted by molar-refractivity contribution is 6.26. The van der Waals surface area contributed by atoms with Gasteiger partial charge in [0.05, 0.1) is 23.9 Å². The summed E-state index contributed by atoms with van der Waals surface area (Å²) in [6.07, 6.45) is 0.401. The Labute approximate surface area is 211 Å². The van der Waals surface area contributed by atoms with Gasteiger partial charge in [-0.05, 0) is 24.1 Å². The number of amides is 3. The van der Waals surface area contributed by atoms with E-state index in [9.17, 15) is 24.5 Å². The molecule has 3 aromatic carbocycles. The van der Waals surface area contributed by atoms with Gasteiger partial charge in [0.15, 0.2) is 0 Å². The van der Waals surface area contributed by atoms with Crippen LogP contribution in [0, 0.1) is 22.0 Å². The summed E-state index contributed by atoms with van der Waals surface area (Å²) in [7, 11) is 1.36. The first-order valence-electron chi connectivity index (χ1n) is 11.8. The standard InChI is InChI=1S/C27H22N4O6/c1-37-21-12-11-16(31(35)36)14-20(21)30-24(32)22-19(13-15-7-3-2-4-8-15)29-27(23(22)25(30)33)17-9-5-6-10-18(17)28-26(27)34/h2-12,14,19,22-23,29H,13H2,1H3,(H,28,34)/t19-,22+,23+,27-/m1/s1. The number of nitro groups is 1. The Morgan fingerprint density at radius 3 is 2.46 bits per heavy atom. The Morgan fingerprint density at radius 2 is 1.73 bits per heavy atom. The van der Waals surface area contributed by atoms with Gasteiger partial charge in [0, 0.05) is 29.4 Å². The van der Waals surface area contributed by atoms with Crippen LogP contribution in [-0.2, 0) is 26.3 Å². The fourth-order valence-electron chi connectivity index (χ4n) is 6.01. The lowest BCUT2D eigenvalue weighted by Crippen LogP contribution is -2.53. The number of hydrogen-bond donors (Lipinski definition) is 2. The lowest BCUT2D eigenvalue weighted by Gasteiger charge is -2.29. The summed E-state index contributed by atoms with van der Waals surface area (Å²) in [5.41, 5.74) is 0.350. The van der Waals surface area contributed by atoms with E-state index in [0.29, 0.717) is 17.7 Å². The average Bonchev–Trinajstić information content (AvgIpc) is 3.48. The van der Waals surface area contributed by atoms with Gasteiger partial charge in [0.1, 0.15) is 17.0 Å². The van der Waals surface area contributed by atoms with Gasteiger partial charge in [-0.2, -0.15) is 0 Å². The van der Waals surface area contributed by atoms with Crippen molar-refractivity contribution in [1.29, 1.82) is 0 Å². The highest BCUT2D eigenvalue weighted by atomic mass is 16.6. The molecular weight excluding hydrogens is 476 g/mol. The van der Waals surface area contributed by atoms with Crippen molar-refractivity contribution in [3.05, 3.63) is 94.0 Å². The minimum atomic E-state index is -1.46. The maximum Gasteiger partial charge on any atom is 0.271 e. The molecule has 3 aliphatic heterocycles. The van der Waals surface area contributed by atoms with Crippen LogP contribution < -0.4 is 20.3 Å². The van der Waals surface area contributed by atoms with Gasteiger partial charge in [0.25, 0.3) is 5.69 Å². The normalized spacial score (nSPS) is 25.8. The first-order chi connectivity index (χ1) is 17.9. The van der Waals surface area contributed by atoms with E-state index in [1.165, 1.54) is 19.2 Å². The van der Waals surface area contributed by atoms with Crippen molar-refractivity contribution in [3.63, 3.8) is 0 Å². The van der Waals surface area contributed by atoms with Crippen molar-refractivity contribution >= 4 is 34.8 Å². The van der Waals surface area contributed by atoms with Crippen molar-refractivity contribution in [3.8, 4) is 5.75 Å². The molecule has 37 heavy (non-hydrogen) atoms. The fraction of sp³-hybridized carbons (Fsp3) is 0.222. The summed E-state index contributed by atoms with van der Waals surface area (Å²) >= 11 is 0. The van der Waals surface area contributed by atoms with Gasteiger partial charge in [-0.1, -0.05) is 48.5 Å². The molecule has 3 amide bonds. The molecule has 0 saturated carbocycles. The second-order valence-electron chi connectivity index (χ2n) is 9.38. The number of carbonyl (C=O) groups excluding carboxylic acids is 3. The Hall–Kier alpha value is -4.57. The number of carbonyl (C=O) groups is 3. The minimum absolute atomic E-state index is 0.0126. The SMILES string of the molecule is COc1ccc([N+](=O)[O-])cc1N1C(=O)[C@@H]2[C@@H](C1=O)[C@@]1(N[C@@H]2Cc2ccccc2)C(=O)Nc2ccccc21. The van der Waals surface area contributed by atoms with Gasteiger partial charge < -0.3 is 10.1 Å². The number of imide groups is 1. The summed E-state index contributed by atoms with van der Waals surface area (Å²) in [5, 5.41) is 17.7. The molecule has 0 unspecified atom stereocenters. The highest BCUT2D eigenvalue weighted by Crippen LogP contribution is 2.54. The summed E-state index contributed by atoms with van der Waals surface area (Å²) in [4.78, 5) is 53.6. The van der Waals surface area contributed by atoms with E-state index in [-0.39, 0.29) is 17.1 Å². The molecule has 0 bridgehead atoms. The molecule has 4 atom stereocenters. The third-order valence-electron chi connectivity index (χ3n) is 7.54. The summed E-state index contributed by atoms with van der Waals surface area (Å²) < 4.78 is 5.36. The van der Waals surface area contributed by atoms with Crippen LogP contribution in [0.1, 0.15) is 11.1 Å². The number of methoxy groups -OCH3 is 1. The summed E-state index contributed by atoms with van der Waals surface area (Å²) in [6.45, 7) is 0. The van der Waals surface area contributed by atoms with E-state index >= 15 is 0 Å². The van der Waals surface area contributed by atoms with Gasteiger partial charge in [0.2, 0.25) is 17.7 Å². The van der Waals surface area contributed by atoms with Crippen LogP contribution in [0.5, 0.6) is 5.75 Å². The number of para-hydroxylation sites is 1. The molecule has 0 radical (unpaired) electrons. The molecule has 0 aromatic heterocycles. The van der Waals surface area contributed by atoms with Crippen LogP contribution in [0.25, 0.3) is 0 Å². The van der Waals surface area contributed by atoms with E-state index < -0.39 is 46.1 Å². The number of rotatable bonds is 5. The molecule has 3 heterocycles. The Balaban J connectivity index is 1.52. The maximum absolute atomic E-state index is 14.1. The third kappa shape index (κ3) is 3.19. The molecule has 3 aliphatic rings. The Kier molecular flexibility index (Phi) is 5.09. The largest absolute Gasteiger partial charge is 0.495 e. The van der Waals surface area contributed by atoms with Crippen molar-refractivity contribution in [2.45, 2.75) is 18.0 Å². The summed E-state index contributed by atoms with van der Waals surface area (Å²) in [6, 6.07) is 19.8. The third-order valence-corrected chi connectivity index (χ3v) is 7.54. The Bertz CT molecular complexity index is 1470. The number of nitro benzene ring substituents is 1. The first kappa shape index (κ1) is 22.9. The second-order valence-corrected chi connectivity index (χ2v) is 9.38. The lowest BCUT2D eigenvalue weighted by molar-refractivity contribution is -0.384. The van der Waals surface area contributed by atoms with E-state index in [1.54, 1.807) is 24.3 Å². The molecule has 6 rings (SSSR count).